The van der Waals surface area contributed by atoms with Gasteiger partial charge in [-0.05, 0) is 17.2 Å². The molecule has 6 nitrogen and oxygen atoms in total. The van der Waals surface area contributed by atoms with Crippen LogP contribution < -0.4 is 10.2 Å². The average Bonchev–Trinajstić information content (AvgIpc) is 2.77. The molecule has 2 heterocycles. The molecule has 30 heavy (non-hydrogen) atoms. The molecule has 0 radical (unpaired) electrons. The molecule has 1 aliphatic heterocycles. The summed E-state index contributed by atoms with van der Waals surface area (Å²) in [6.07, 6.45) is 1.41. The zero-order valence-electron chi connectivity index (χ0n) is 16.7. The predicted octanol–water partition coefficient (Wildman–Crippen LogP) is 3.12. The van der Waals surface area contributed by atoms with Gasteiger partial charge in [0.25, 0.3) is 0 Å². The van der Waals surface area contributed by atoms with Gasteiger partial charge in [0, 0.05) is 38.8 Å². The standard InChI is InChI=1S/C23H24FN5O/c24-20-9-5-4-8-19(20)14-23(30)27-21-15-22(26-17-25-21)29-12-10-28(11-13-29)16-18-6-2-1-3-7-18/h1-9,15,17H,10-14,16H2,(H,25,26,27,30). The summed E-state index contributed by atoms with van der Waals surface area (Å²) in [5.74, 6) is 0.514. The van der Waals surface area contributed by atoms with Gasteiger partial charge in [-0.25, -0.2) is 14.4 Å². The highest BCUT2D eigenvalue weighted by Gasteiger charge is 2.19. The smallest absolute Gasteiger partial charge is 0.230 e. The lowest BCUT2D eigenvalue weighted by atomic mass is 10.1. The van der Waals surface area contributed by atoms with Gasteiger partial charge in [-0.2, -0.15) is 0 Å². The van der Waals surface area contributed by atoms with E-state index in [9.17, 15) is 9.18 Å². The Labute approximate surface area is 175 Å². The Morgan fingerprint density at radius 2 is 1.70 bits per heavy atom. The molecular weight excluding hydrogens is 381 g/mol. The van der Waals surface area contributed by atoms with Crippen LogP contribution in [0.15, 0.2) is 67.0 Å². The maximum atomic E-state index is 13.7. The van der Waals surface area contributed by atoms with Gasteiger partial charge in [0.15, 0.2) is 0 Å². The van der Waals surface area contributed by atoms with Crippen molar-refractivity contribution in [2.45, 2.75) is 13.0 Å². The Morgan fingerprint density at radius 3 is 2.47 bits per heavy atom. The van der Waals surface area contributed by atoms with Crippen molar-refractivity contribution in [1.82, 2.24) is 14.9 Å². The van der Waals surface area contributed by atoms with Crippen LogP contribution in [0.2, 0.25) is 0 Å². The van der Waals surface area contributed by atoms with Crippen molar-refractivity contribution in [3.05, 3.63) is 83.9 Å². The molecule has 7 heteroatoms. The number of anilines is 2. The summed E-state index contributed by atoms with van der Waals surface area (Å²) < 4.78 is 13.7. The minimum atomic E-state index is -0.385. The van der Waals surface area contributed by atoms with Crippen LogP contribution in [0.4, 0.5) is 16.0 Å². The number of halogens is 1. The summed E-state index contributed by atoms with van der Waals surface area (Å²) >= 11 is 0. The van der Waals surface area contributed by atoms with Crippen molar-refractivity contribution in [2.75, 3.05) is 36.4 Å². The molecule has 1 aliphatic rings. The van der Waals surface area contributed by atoms with E-state index in [4.69, 9.17) is 0 Å². The fourth-order valence-electron chi connectivity index (χ4n) is 3.57. The number of nitrogens with zero attached hydrogens (tertiary/aromatic N) is 4. The minimum absolute atomic E-state index is 0.0375. The van der Waals surface area contributed by atoms with Gasteiger partial charge in [-0.3, -0.25) is 9.69 Å². The third-order valence-electron chi connectivity index (χ3n) is 5.17. The quantitative estimate of drug-likeness (QED) is 0.683. The summed E-state index contributed by atoms with van der Waals surface area (Å²) in [5, 5.41) is 2.74. The Hall–Kier alpha value is -3.32. The van der Waals surface area contributed by atoms with Gasteiger partial charge in [0.2, 0.25) is 5.91 Å². The van der Waals surface area contributed by atoms with Gasteiger partial charge in [0.1, 0.15) is 23.8 Å². The summed E-state index contributed by atoms with van der Waals surface area (Å²) in [7, 11) is 0. The van der Waals surface area contributed by atoms with E-state index in [0.717, 1.165) is 38.5 Å². The van der Waals surface area contributed by atoms with Crippen LogP contribution in [-0.4, -0.2) is 47.0 Å². The highest BCUT2D eigenvalue weighted by Crippen LogP contribution is 2.18. The van der Waals surface area contributed by atoms with Gasteiger partial charge in [-0.15, -0.1) is 0 Å². The van der Waals surface area contributed by atoms with Crippen LogP contribution in [0.1, 0.15) is 11.1 Å². The second-order valence-electron chi connectivity index (χ2n) is 7.33. The van der Waals surface area contributed by atoms with Crippen molar-refractivity contribution in [3.8, 4) is 0 Å². The van der Waals surface area contributed by atoms with Crippen molar-refractivity contribution >= 4 is 17.5 Å². The van der Waals surface area contributed by atoms with Crippen molar-refractivity contribution < 1.29 is 9.18 Å². The summed E-state index contributed by atoms with van der Waals surface area (Å²) in [6, 6.07) is 18.5. The Morgan fingerprint density at radius 1 is 0.967 bits per heavy atom. The number of piperazine rings is 1. The third-order valence-corrected chi connectivity index (χ3v) is 5.17. The van der Waals surface area contributed by atoms with Crippen LogP contribution in [0.3, 0.4) is 0 Å². The molecule has 2 aromatic carbocycles. The third kappa shape index (κ3) is 5.18. The Bertz CT molecular complexity index is 990. The van der Waals surface area contributed by atoms with E-state index in [-0.39, 0.29) is 18.1 Å². The van der Waals surface area contributed by atoms with Crippen molar-refractivity contribution in [2.24, 2.45) is 0 Å². The normalized spacial score (nSPS) is 14.5. The fourth-order valence-corrected chi connectivity index (χ4v) is 3.57. The molecular formula is C23H24FN5O. The van der Waals surface area contributed by atoms with Crippen LogP contribution >= 0.6 is 0 Å². The minimum Gasteiger partial charge on any atom is -0.354 e. The second-order valence-corrected chi connectivity index (χ2v) is 7.33. The lowest BCUT2D eigenvalue weighted by Gasteiger charge is -2.35. The number of hydrogen-bond acceptors (Lipinski definition) is 5. The topological polar surface area (TPSA) is 61.4 Å². The van der Waals surface area contributed by atoms with Gasteiger partial charge < -0.3 is 10.2 Å². The molecule has 3 aromatic rings. The molecule has 1 aromatic heterocycles. The number of rotatable bonds is 6. The van der Waals surface area contributed by atoms with E-state index >= 15 is 0 Å². The monoisotopic (exact) mass is 405 g/mol. The molecule has 0 unspecified atom stereocenters. The predicted molar refractivity (Wildman–Crippen MR) is 115 cm³/mol. The summed E-state index contributed by atoms with van der Waals surface area (Å²) in [6.45, 7) is 4.52. The van der Waals surface area contributed by atoms with E-state index in [2.05, 4.69) is 49.4 Å². The first kappa shape index (κ1) is 20.0. The highest BCUT2D eigenvalue weighted by molar-refractivity contribution is 5.91. The molecule has 0 saturated carbocycles. The van der Waals surface area contributed by atoms with E-state index < -0.39 is 0 Å². The number of nitrogens with one attached hydrogen (secondary N) is 1. The maximum absolute atomic E-state index is 13.7. The van der Waals surface area contributed by atoms with Crippen LogP contribution in [0.5, 0.6) is 0 Å². The molecule has 154 valence electrons. The lowest BCUT2D eigenvalue weighted by molar-refractivity contribution is -0.115. The van der Waals surface area contributed by atoms with Crippen LogP contribution in [-0.2, 0) is 17.8 Å². The van der Waals surface area contributed by atoms with Crippen molar-refractivity contribution in [1.29, 1.82) is 0 Å². The first-order valence-electron chi connectivity index (χ1n) is 10.0. The molecule has 1 amide bonds. The van der Waals surface area contributed by atoms with Crippen molar-refractivity contribution in [3.63, 3.8) is 0 Å². The Kier molecular flexibility index (Phi) is 6.29. The first-order chi connectivity index (χ1) is 14.7. The number of aromatic nitrogens is 2. The van der Waals surface area contributed by atoms with Gasteiger partial charge in [0.05, 0.1) is 6.42 Å². The zero-order valence-corrected chi connectivity index (χ0v) is 16.7. The number of amides is 1. The van der Waals surface area contributed by atoms with E-state index in [1.165, 1.54) is 18.0 Å². The summed E-state index contributed by atoms with van der Waals surface area (Å²) in [4.78, 5) is 25.4. The molecule has 1 N–H and O–H groups in total. The van der Waals surface area contributed by atoms with Gasteiger partial charge in [-0.1, -0.05) is 48.5 Å². The lowest BCUT2D eigenvalue weighted by Crippen LogP contribution is -2.46. The maximum Gasteiger partial charge on any atom is 0.230 e. The van der Waals surface area contributed by atoms with E-state index in [1.54, 1.807) is 24.3 Å². The SMILES string of the molecule is O=C(Cc1ccccc1F)Nc1cc(N2CCN(Cc3ccccc3)CC2)ncn1. The van der Waals surface area contributed by atoms with Gasteiger partial charge >= 0.3 is 0 Å². The highest BCUT2D eigenvalue weighted by atomic mass is 19.1. The number of carbonyl (C=O) groups excluding carboxylic acids is 1. The molecule has 0 aliphatic carbocycles. The molecule has 0 spiro atoms. The van der Waals surface area contributed by atoms with Crippen LogP contribution in [0, 0.1) is 5.82 Å². The number of carbonyl (C=O) groups is 1. The van der Waals surface area contributed by atoms with E-state index in [0.29, 0.717) is 11.4 Å². The van der Waals surface area contributed by atoms with Crippen LogP contribution in [0.25, 0.3) is 0 Å². The average molecular weight is 405 g/mol. The molecule has 0 bridgehead atoms. The molecule has 1 fully saturated rings. The van der Waals surface area contributed by atoms with E-state index in [1.807, 2.05) is 6.07 Å². The number of hydrogen-bond donors (Lipinski definition) is 1. The fraction of sp³-hybridized carbons (Fsp3) is 0.261. The first-order valence-corrected chi connectivity index (χ1v) is 10.0. The second kappa shape index (κ2) is 9.45. The Balaban J connectivity index is 1.32. The molecule has 4 rings (SSSR count). The summed E-state index contributed by atoms with van der Waals surface area (Å²) in [5.41, 5.74) is 1.67. The molecule has 1 saturated heterocycles. The zero-order chi connectivity index (χ0) is 20.8. The number of benzene rings is 2. The largest absolute Gasteiger partial charge is 0.354 e. The molecule has 0 atom stereocenters.